The predicted molar refractivity (Wildman–Crippen MR) is 69.0 cm³/mol. The number of amides is 1. The third-order valence-corrected chi connectivity index (χ3v) is 2.86. The number of aryl methyl sites for hydroxylation is 1. The number of hydrogen-bond acceptors (Lipinski definition) is 2. The highest BCUT2D eigenvalue weighted by Crippen LogP contribution is 2.15. The second-order valence-corrected chi connectivity index (χ2v) is 4.63. The van der Waals surface area contributed by atoms with Crippen LogP contribution < -0.4 is 0 Å². The van der Waals surface area contributed by atoms with Gasteiger partial charge in [-0.05, 0) is 51.0 Å². The highest BCUT2D eigenvalue weighted by Gasteiger charge is 2.19. The van der Waals surface area contributed by atoms with Gasteiger partial charge in [0.05, 0.1) is 0 Å². The molecule has 100 valence electrons. The molecule has 0 aliphatic heterocycles. The van der Waals surface area contributed by atoms with Crippen LogP contribution in [0.1, 0.15) is 36.2 Å². The van der Waals surface area contributed by atoms with Crippen LogP contribution in [0.5, 0.6) is 0 Å². The first-order chi connectivity index (χ1) is 8.47. The molecule has 0 aliphatic rings. The van der Waals surface area contributed by atoms with E-state index in [4.69, 9.17) is 5.11 Å². The topological polar surface area (TPSA) is 40.5 Å². The standard InChI is InChI=1S/C14H20FNO2/c1-10(2)16(7-4-8-17)14(18)13-6-5-12(15)9-11(13)3/h5-6,9-10,17H,4,7-8H2,1-3H3. The minimum Gasteiger partial charge on any atom is -0.396 e. The molecule has 1 N–H and O–H groups in total. The molecule has 0 fully saturated rings. The third-order valence-electron chi connectivity index (χ3n) is 2.86. The third kappa shape index (κ3) is 3.53. The van der Waals surface area contributed by atoms with E-state index < -0.39 is 0 Å². The molecule has 0 atom stereocenters. The van der Waals surface area contributed by atoms with Gasteiger partial charge in [0.15, 0.2) is 0 Å². The number of nitrogens with zero attached hydrogens (tertiary/aromatic N) is 1. The molecule has 1 amide bonds. The summed E-state index contributed by atoms with van der Waals surface area (Å²) in [5, 5.41) is 8.85. The van der Waals surface area contributed by atoms with Gasteiger partial charge < -0.3 is 10.0 Å². The molecule has 0 heterocycles. The van der Waals surface area contributed by atoms with Gasteiger partial charge in [-0.1, -0.05) is 0 Å². The van der Waals surface area contributed by atoms with Gasteiger partial charge in [-0.15, -0.1) is 0 Å². The van der Waals surface area contributed by atoms with Gasteiger partial charge in [-0.2, -0.15) is 0 Å². The summed E-state index contributed by atoms with van der Waals surface area (Å²) in [6.07, 6.45) is 0.546. The summed E-state index contributed by atoms with van der Waals surface area (Å²) in [7, 11) is 0. The molecule has 0 saturated heterocycles. The summed E-state index contributed by atoms with van der Waals surface area (Å²) in [4.78, 5) is 14.0. The SMILES string of the molecule is Cc1cc(F)ccc1C(=O)N(CCCO)C(C)C. The van der Waals surface area contributed by atoms with E-state index in [-0.39, 0.29) is 24.4 Å². The number of rotatable bonds is 5. The van der Waals surface area contributed by atoms with Crippen molar-refractivity contribution in [1.29, 1.82) is 0 Å². The van der Waals surface area contributed by atoms with Gasteiger partial charge in [-0.25, -0.2) is 4.39 Å². The first-order valence-corrected chi connectivity index (χ1v) is 6.15. The first-order valence-electron chi connectivity index (χ1n) is 6.15. The molecule has 0 spiro atoms. The summed E-state index contributed by atoms with van der Waals surface area (Å²) in [6.45, 7) is 6.13. The van der Waals surface area contributed by atoms with E-state index in [0.29, 0.717) is 24.1 Å². The lowest BCUT2D eigenvalue weighted by Gasteiger charge is -2.27. The normalized spacial score (nSPS) is 10.8. The van der Waals surface area contributed by atoms with Crippen LogP contribution in [0.15, 0.2) is 18.2 Å². The molecule has 0 radical (unpaired) electrons. The Kier molecular flexibility index (Phi) is 5.28. The van der Waals surface area contributed by atoms with Crippen molar-refractivity contribution in [2.24, 2.45) is 0 Å². The van der Waals surface area contributed by atoms with Crippen LogP contribution in [0.2, 0.25) is 0 Å². The van der Waals surface area contributed by atoms with Gasteiger partial charge >= 0.3 is 0 Å². The quantitative estimate of drug-likeness (QED) is 0.875. The lowest BCUT2D eigenvalue weighted by atomic mass is 10.1. The lowest BCUT2D eigenvalue weighted by Crippen LogP contribution is -2.38. The molecular formula is C14H20FNO2. The second kappa shape index (κ2) is 6.50. The van der Waals surface area contributed by atoms with Crippen molar-refractivity contribution in [2.75, 3.05) is 13.2 Å². The molecule has 4 heteroatoms. The molecule has 0 aliphatic carbocycles. The van der Waals surface area contributed by atoms with E-state index in [1.165, 1.54) is 18.2 Å². The Morgan fingerprint density at radius 1 is 1.44 bits per heavy atom. The molecule has 0 saturated carbocycles. The maximum atomic E-state index is 13.0. The van der Waals surface area contributed by atoms with Gasteiger partial charge in [0, 0.05) is 24.8 Å². The average Bonchev–Trinajstić information content (AvgIpc) is 2.28. The van der Waals surface area contributed by atoms with E-state index in [1.807, 2.05) is 13.8 Å². The summed E-state index contributed by atoms with van der Waals surface area (Å²) in [6, 6.07) is 4.22. The molecule has 0 unspecified atom stereocenters. The summed E-state index contributed by atoms with van der Waals surface area (Å²) >= 11 is 0. The van der Waals surface area contributed by atoms with Crippen molar-refractivity contribution < 1.29 is 14.3 Å². The fourth-order valence-electron chi connectivity index (χ4n) is 1.86. The zero-order valence-corrected chi connectivity index (χ0v) is 11.1. The van der Waals surface area contributed by atoms with Crippen molar-refractivity contribution in [1.82, 2.24) is 4.90 Å². The Bertz CT molecular complexity index is 418. The summed E-state index contributed by atoms with van der Waals surface area (Å²) < 4.78 is 13.0. The average molecular weight is 253 g/mol. The highest BCUT2D eigenvalue weighted by molar-refractivity contribution is 5.95. The number of halogens is 1. The fourth-order valence-corrected chi connectivity index (χ4v) is 1.86. The molecule has 3 nitrogen and oxygen atoms in total. The van der Waals surface area contributed by atoms with Gasteiger partial charge in [0.1, 0.15) is 5.82 Å². The summed E-state index contributed by atoms with van der Waals surface area (Å²) in [5.74, 6) is -0.452. The lowest BCUT2D eigenvalue weighted by molar-refractivity contribution is 0.0692. The molecular weight excluding hydrogens is 233 g/mol. The van der Waals surface area contributed by atoms with E-state index in [0.717, 1.165) is 0 Å². The number of carbonyl (C=O) groups is 1. The fraction of sp³-hybridized carbons (Fsp3) is 0.500. The minimum absolute atomic E-state index is 0.0495. The molecule has 1 aromatic rings. The number of carbonyl (C=O) groups excluding carboxylic acids is 1. The zero-order valence-electron chi connectivity index (χ0n) is 11.1. The summed E-state index contributed by atoms with van der Waals surface area (Å²) in [5.41, 5.74) is 1.15. The van der Waals surface area contributed by atoms with E-state index in [2.05, 4.69) is 0 Å². The van der Waals surface area contributed by atoms with Crippen molar-refractivity contribution in [3.05, 3.63) is 35.1 Å². The van der Waals surface area contributed by atoms with Crippen molar-refractivity contribution in [2.45, 2.75) is 33.2 Å². The monoisotopic (exact) mass is 253 g/mol. The molecule has 0 aromatic heterocycles. The van der Waals surface area contributed by atoms with E-state index >= 15 is 0 Å². The highest BCUT2D eigenvalue weighted by atomic mass is 19.1. The Labute approximate surface area is 107 Å². The Morgan fingerprint density at radius 3 is 2.61 bits per heavy atom. The van der Waals surface area contributed by atoms with Crippen LogP contribution in [0, 0.1) is 12.7 Å². The van der Waals surface area contributed by atoms with Crippen molar-refractivity contribution >= 4 is 5.91 Å². The number of benzene rings is 1. The van der Waals surface area contributed by atoms with Crippen LogP contribution in [0.4, 0.5) is 4.39 Å². The molecule has 18 heavy (non-hydrogen) atoms. The largest absolute Gasteiger partial charge is 0.396 e. The van der Waals surface area contributed by atoms with Crippen LogP contribution in [0.25, 0.3) is 0 Å². The number of aliphatic hydroxyl groups is 1. The zero-order chi connectivity index (χ0) is 13.7. The van der Waals surface area contributed by atoms with E-state index in [9.17, 15) is 9.18 Å². The van der Waals surface area contributed by atoms with Crippen molar-refractivity contribution in [3.63, 3.8) is 0 Å². The van der Waals surface area contributed by atoms with Crippen molar-refractivity contribution in [3.8, 4) is 0 Å². The second-order valence-electron chi connectivity index (χ2n) is 4.63. The maximum Gasteiger partial charge on any atom is 0.254 e. The van der Waals surface area contributed by atoms with Crippen LogP contribution >= 0.6 is 0 Å². The number of aliphatic hydroxyl groups excluding tert-OH is 1. The van der Waals surface area contributed by atoms with Crippen LogP contribution in [-0.2, 0) is 0 Å². The Balaban J connectivity index is 2.94. The molecule has 0 bridgehead atoms. The Morgan fingerprint density at radius 2 is 2.11 bits per heavy atom. The van der Waals surface area contributed by atoms with Gasteiger partial charge in [0.25, 0.3) is 5.91 Å². The first kappa shape index (κ1) is 14.6. The minimum atomic E-state index is -0.337. The smallest absolute Gasteiger partial charge is 0.254 e. The maximum absolute atomic E-state index is 13.0. The van der Waals surface area contributed by atoms with Crippen LogP contribution in [-0.4, -0.2) is 35.1 Å². The number of hydrogen-bond donors (Lipinski definition) is 1. The van der Waals surface area contributed by atoms with Gasteiger partial charge in [0.2, 0.25) is 0 Å². The predicted octanol–water partition coefficient (Wildman–Crippen LogP) is 2.37. The van der Waals surface area contributed by atoms with E-state index in [1.54, 1.807) is 11.8 Å². The van der Waals surface area contributed by atoms with Crippen LogP contribution in [0.3, 0.4) is 0 Å². The molecule has 1 aromatic carbocycles. The van der Waals surface area contributed by atoms with Gasteiger partial charge in [-0.3, -0.25) is 4.79 Å². The Hall–Kier alpha value is -1.42. The molecule has 1 rings (SSSR count).